The maximum atomic E-state index is 12.7. The van der Waals surface area contributed by atoms with Gasteiger partial charge in [-0.25, -0.2) is 4.98 Å². The number of ether oxygens (including phenoxy) is 1. The van der Waals surface area contributed by atoms with Gasteiger partial charge in [0.05, 0.1) is 18.6 Å². The van der Waals surface area contributed by atoms with E-state index in [1.54, 1.807) is 0 Å². The molecule has 1 aromatic rings. The van der Waals surface area contributed by atoms with Gasteiger partial charge in [-0.15, -0.1) is 0 Å². The van der Waals surface area contributed by atoms with Crippen molar-refractivity contribution in [1.82, 2.24) is 19.4 Å². The summed E-state index contributed by atoms with van der Waals surface area (Å²) in [6.45, 7) is 6.39. The van der Waals surface area contributed by atoms with Gasteiger partial charge >= 0.3 is 0 Å². The second kappa shape index (κ2) is 7.45. The molecule has 3 rings (SSSR count). The minimum Gasteiger partial charge on any atom is -0.378 e. The summed E-state index contributed by atoms with van der Waals surface area (Å²) in [5, 5.41) is 0. The number of likely N-dealkylation sites (N-methyl/N-ethyl adjacent to an activating group) is 1. The van der Waals surface area contributed by atoms with Gasteiger partial charge in [-0.3, -0.25) is 9.69 Å². The van der Waals surface area contributed by atoms with Crippen LogP contribution in [0.5, 0.6) is 0 Å². The Kier molecular flexibility index (Phi) is 5.33. The summed E-state index contributed by atoms with van der Waals surface area (Å²) in [4.78, 5) is 21.6. The van der Waals surface area contributed by atoms with Crippen LogP contribution in [-0.2, 0) is 16.6 Å². The molecule has 128 valence electrons. The summed E-state index contributed by atoms with van der Waals surface area (Å²) in [6.07, 6.45) is 7.77. The fraction of sp³-hybridized carbons (Fsp3) is 0.765. The van der Waals surface area contributed by atoms with Crippen LogP contribution in [0.25, 0.3) is 0 Å². The Balaban J connectivity index is 1.64. The van der Waals surface area contributed by atoms with Gasteiger partial charge in [0, 0.05) is 45.7 Å². The summed E-state index contributed by atoms with van der Waals surface area (Å²) >= 11 is 0. The molecule has 0 spiro atoms. The number of hydrogen-bond donors (Lipinski definition) is 0. The molecule has 0 bridgehead atoms. The number of nitrogens with zero attached hydrogens (tertiary/aromatic N) is 4. The summed E-state index contributed by atoms with van der Waals surface area (Å²) in [5.41, 5.74) is 0. The molecule has 23 heavy (non-hydrogen) atoms. The standard InChI is InChI=1S/C17H28N4O2/c1-3-20-9-10-21(13-15(20)17-18-7-8-19(17)2)16(22)12-14-6-4-5-11-23-14/h7-8,14-15H,3-6,9-13H2,1-2H3/t14-,15+/m1/s1. The number of aryl methyl sites for hydroxylation is 1. The highest BCUT2D eigenvalue weighted by molar-refractivity contribution is 5.77. The van der Waals surface area contributed by atoms with Gasteiger partial charge in [-0.05, 0) is 25.8 Å². The second-order valence-electron chi connectivity index (χ2n) is 6.57. The molecule has 2 atom stereocenters. The second-order valence-corrected chi connectivity index (χ2v) is 6.57. The van der Waals surface area contributed by atoms with Crippen LogP contribution >= 0.6 is 0 Å². The predicted octanol–water partition coefficient (Wildman–Crippen LogP) is 1.58. The van der Waals surface area contributed by atoms with Gasteiger partial charge in [0.15, 0.2) is 0 Å². The first-order valence-corrected chi connectivity index (χ1v) is 8.79. The molecule has 0 aliphatic carbocycles. The van der Waals surface area contributed by atoms with E-state index in [0.29, 0.717) is 6.42 Å². The molecule has 0 N–H and O–H groups in total. The Hall–Kier alpha value is -1.40. The monoisotopic (exact) mass is 320 g/mol. The fourth-order valence-electron chi connectivity index (χ4n) is 3.66. The van der Waals surface area contributed by atoms with Crippen molar-refractivity contribution >= 4 is 5.91 Å². The van der Waals surface area contributed by atoms with E-state index in [1.165, 1.54) is 6.42 Å². The van der Waals surface area contributed by atoms with E-state index < -0.39 is 0 Å². The highest BCUT2D eigenvalue weighted by Crippen LogP contribution is 2.25. The molecule has 0 unspecified atom stereocenters. The Labute approximate surface area is 138 Å². The third-order valence-electron chi connectivity index (χ3n) is 5.08. The first kappa shape index (κ1) is 16.5. The molecular formula is C17H28N4O2. The van der Waals surface area contributed by atoms with Crippen LogP contribution in [0.1, 0.15) is 44.5 Å². The van der Waals surface area contributed by atoms with Crippen molar-refractivity contribution in [3.8, 4) is 0 Å². The number of carbonyl (C=O) groups is 1. The number of imidazole rings is 1. The number of carbonyl (C=O) groups excluding carboxylic acids is 1. The molecule has 3 heterocycles. The van der Waals surface area contributed by atoms with Gasteiger partial charge in [-0.2, -0.15) is 0 Å². The van der Waals surface area contributed by atoms with Crippen LogP contribution in [0.15, 0.2) is 12.4 Å². The molecule has 6 heteroatoms. The quantitative estimate of drug-likeness (QED) is 0.845. The van der Waals surface area contributed by atoms with Crippen LogP contribution in [-0.4, -0.2) is 64.1 Å². The summed E-state index contributed by atoms with van der Waals surface area (Å²) in [6, 6.07) is 0.185. The number of rotatable bonds is 4. The molecule has 0 radical (unpaired) electrons. The topological polar surface area (TPSA) is 50.6 Å². The van der Waals surface area contributed by atoms with Gasteiger partial charge in [0.2, 0.25) is 5.91 Å². The summed E-state index contributed by atoms with van der Waals surface area (Å²) < 4.78 is 7.79. The van der Waals surface area contributed by atoms with Gasteiger partial charge in [-0.1, -0.05) is 6.92 Å². The largest absolute Gasteiger partial charge is 0.378 e. The number of hydrogen-bond acceptors (Lipinski definition) is 4. The van der Waals surface area contributed by atoms with Crippen molar-refractivity contribution < 1.29 is 9.53 Å². The average Bonchev–Trinajstić information content (AvgIpc) is 3.01. The van der Waals surface area contributed by atoms with Crippen molar-refractivity contribution in [3.63, 3.8) is 0 Å². The minimum atomic E-state index is 0.118. The summed E-state index contributed by atoms with van der Waals surface area (Å²) in [7, 11) is 2.02. The molecule has 1 amide bonds. The van der Waals surface area contributed by atoms with Crippen molar-refractivity contribution in [2.24, 2.45) is 7.05 Å². The van der Waals surface area contributed by atoms with Crippen molar-refractivity contribution in [2.75, 3.05) is 32.8 Å². The lowest BCUT2D eigenvalue weighted by Crippen LogP contribution is -2.51. The zero-order chi connectivity index (χ0) is 16.2. The van der Waals surface area contributed by atoms with E-state index in [1.807, 2.05) is 24.3 Å². The van der Waals surface area contributed by atoms with E-state index in [9.17, 15) is 4.79 Å². The van der Waals surface area contributed by atoms with Crippen LogP contribution < -0.4 is 0 Å². The smallest absolute Gasteiger partial charge is 0.225 e. The Bertz CT molecular complexity index is 524. The predicted molar refractivity (Wildman–Crippen MR) is 88.0 cm³/mol. The lowest BCUT2D eigenvalue weighted by Gasteiger charge is -2.41. The molecule has 0 saturated carbocycles. The zero-order valence-corrected chi connectivity index (χ0v) is 14.3. The van der Waals surface area contributed by atoms with Crippen molar-refractivity contribution in [3.05, 3.63) is 18.2 Å². The fourth-order valence-corrected chi connectivity index (χ4v) is 3.66. The molecular weight excluding hydrogens is 292 g/mol. The maximum Gasteiger partial charge on any atom is 0.225 e. The van der Waals surface area contributed by atoms with E-state index in [4.69, 9.17) is 4.74 Å². The van der Waals surface area contributed by atoms with Gasteiger partial charge in [0.25, 0.3) is 0 Å². The molecule has 2 fully saturated rings. The maximum absolute atomic E-state index is 12.7. The van der Waals surface area contributed by atoms with Crippen molar-refractivity contribution in [2.45, 2.75) is 44.8 Å². The van der Waals surface area contributed by atoms with Crippen LogP contribution in [0.3, 0.4) is 0 Å². The number of amides is 1. The molecule has 2 saturated heterocycles. The third-order valence-corrected chi connectivity index (χ3v) is 5.08. The Morgan fingerprint density at radius 2 is 2.26 bits per heavy atom. The highest BCUT2D eigenvalue weighted by atomic mass is 16.5. The van der Waals surface area contributed by atoms with Crippen molar-refractivity contribution in [1.29, 1.82) is 0 Å². The summed E-state index contributed by atoms with van der Waals surface area (Å²) in [5.74, 6) is 1.27. The van der Waals surface area contributed by atoms with Gasteiger partial charge in [0.1, 0.15) is 5.82 Å². The zero-order valence-electron chi connectivity index (χ0n) is 14.3. The lowest BCUT2D eigenvalue weighted by atomic mass is 10.0. The third kappa shape index (κ3) is 3.75. The van der Waals surface area contributed by atoms with Gasteiger partial charge < -0.3 is 14.2 Å². The van der Waals surface area contributed by atoms with Crippen LogP contribution in [0, 0.1) is 0 Å². The van der Waals surface area contributed by atoms with Crippen LogP contribution in [0.2, 0.25) is 0 Å². The van der Waals surface area contributed by atoms with E-state index in [-0.39, 0.29) is 18.1 Å². The first-order chi connectivity index (χ1) is 11.2. The number of piperazine rings is 1. The van der Waals surface area contributed by atoms with Crippen LogP contribution in [0.4, 0.5) is 0 Å². The molecule has 2 aliphatic heterocycles. The van der Waals surface area contributed by atoms with E-state index >= 15 is 0 Å². The molecule has 0 aromatic carbocycles. The highest BCUT2D eigenvalue weighted by Gasteiger charge is 2.32. The molecule has 6 nitrogen and oxygen atoms in total. The lowest BCUT2D eigenvalue weighted by molar-refractivity contribution is -0.138. The van der Waals surface area contributed by atoms with E-state index in [0.717, 1.165) is 51.5 Å². The minimum absolute atomic E-state index is 0.118. The average molecular weight is 320 g/mol. The molecule has 2 aliphatic rings. The SMILES string of the molecule is CCN1CCN(C(=O)C[C@H]2CCCCO2)C[C@H]1c1nccn1C. The first-order valence-electron chi connectivity index (χ1n) is 8.79. The van der Waals surface area contributed by atoms with E-state index in [2.05, 4.69) is 21.4 Å². The molecule has 1 aromatic heterocycles. The Morgan fingerprint density at radius 1 is 1.39 bits per heavy atom. The number of aromatic nitrogens is 2. The normalized spacial score (nSPS) is 26.4. The Morgan fingerprint density at radius 3 is 2.91 bits per heavy atom.